The van der Waals surface area contributed by atoms with Crippen LogP contribution in [0.4, 0.5) is 18.9 Å². The molecule has 13 heteroatoms. The summed E-state index contributed by atoms with van der Waals surface area (Å²) in [6, 6.07) is 10.4. The van der Waals surface area contributed by atoms with Gasteiger partial charge in [0.2, 0.25) is 5.91 Å². The molecule has 0 aliphatic carbocycles. The molecule has 3 N–H and O–H groups in total. The third-order valence-corrected chi connectivity index (χ3v) is 6.65. The van der Waals surface area contributed by atoms with E-state index in [-0.39, 0.29) is 30.9 Å². The quantitative estimate of drug-likeness (QED) is 0.320. The van der Waals surface area contributed by atoms with Gasteiger partial charge in [-0.1, -0.05) is 36.4 Å². The highest BCUT2D eigenvalue weighted by atomic mass is 19.4. The Kier molecular flexibility index (Phi) is 10.4. The fraction of sp³-hybridized carbons (Fsp3) is 0.414. The van der Waals surface area contributed by atoms with Crippen molar-refractivity contribution in [2.24, 2.45) is 5.73 Å². The number of nitrogens with two attached hydrogens (primary N) is 1. The summed E-state index contributed by atoms with van der Waals surface area (Å²) >= 11 is 0. The van der Waals surface area contributed by atoms with Crippen LogP contribution in [0.1, 0.15) is 61.1 Å². The summed E-state index contributed by atoms with van der Waals surface area (Å²) in [5, 5.41) is 2.67. The predicted molar refractivity (Wildman–Crippen MR) is 146 cm³/mol. The maximum atomic E-state index is 14.2. The van der Waals surface area contributed by atoms with Crippen LogP contribution in [0.15, 0.2) is 48.5 Å². The van der Waals surface area contributed by atoms with E-state index in [1.54, 1.807) is 62.4 Å². The molecule has 2 atom stereocenters. The molecule has 0 saturated heterocycles. The van der Waals surface area contributed by atoms with E-state index in [2.05, 4.69) is 10.1 Å². The van der Waals surface area contributed by atoms with Gasteiger partial charge in [0.25, 0.3) is 11.8 Å². The molecule has 0 bridgehead atoms. The smallest absolute Gasteiger partial charge is 0.386 e. The highest BCUT2D eigenvalue weighted by Crippen LogP contribution is 2.38. The normalized spacial score (nSPS) is 16.1. The first kappa shape index (κ1) is 32.3. The molecular weight excluding hydrogens is 557 g/mol. The molecule has 1 aliphatic rings. The van der Waals surface area contributed by atoms with Crippen LogP contribution in [0.25, 0.3) is 0 Å². The molecule has 3 rings (SSSR count). The number of hydrogen-bond donors (Lipinski definition) is 2. The van der Waals surface area contributed by atoms with E-state index in [4.69, 9.17) is 5.73 Å². The number of nitrogens with zero attached hydrogens (tertiary/aromatic N) is 2. The number of hydrogen-bond acceptors (Lipinski definition) is 7. The number of carbonyl (C=O) groups excluding carboxylic acids is 5. The van der Waals surface area contributed by atoms with Crippen LogP contribution in [0.5, 0.6) is 0 Å². The molecule has 0 aromatic heterocycles. The van der Waals surface area contributed by atoms with Gasteiger partial charge in [-0.25, -0.2) is 4.79 Å². The average molecular weight is 591 g/mol. The summed E-state index contributed by atoms with van der Waals surface area (Å²) in [6.07, 6.45) is -5.78. The molecule has 2 aromatic carbocycles. The van der Waals surface area contributed by atoms with Crippen molar-refractivity contribution < 1.29 is 41.9 Å². The van der Waals surface area contributed by atoms with Crippen molar-refractivity contribution in [3.8, 4) is 0 Å². The van der Waals surface area contributed by atoms with Crippen LogP contribution >= 0.6 is 0 Å². The highest BCUT2D eigenvalue weighted by molar-refractivity contribution is 6.11. The maximum Gasteiger partial charge on any atom is 0.491 e. The first-order valence-corrected chi connectivity index (χ1v) is 13.4. The van der Waals surface area contributed by atoms with Gasteiger partial charge in [-0.05, 0) is 50.5 Å². The minimum Gasteiger partial charge on any atom is -0.386 e. The number of anilines is 1. The molecule has 0 spiro atoms. The second-order valence-electron chi connectivity index (χ2n) is 10.1. The van der Waals surface area contributed by atoms with E-state index >= 15 is 0 Å². The SMILES string of the molecule is CC(C)N1C(=O)C(c2ccccc2)N(C(C)CC(=O)OC(=O)C(F)(F)F)C(=O)c2cc(CCC(=O)NCCN)ccc21. The van der Waals surface area contributed by atoms with Crippen LogP contribution in [0, 0.1) is 0 Å². The van der Waals surface area contributed by atoms with E-state index in [0.29, 0.717) is 23.4 Å². The molecule has 0 fully saturated rings. The van der Waals surface area contributed by atoms with E-state index in [9.17, 15) is 37.1 Å². The lowest BCUT2D eigenvalue weighted by Crippen LogP contribution is -2.48. The Morgan fingerprint density at radius 1 is 1.05 bits per heavy atom. The molecule has 1 aliphatic heterocycles. The van der Waals surface area contributed by atoms with Gasteiger partial charge in [0.1, 0.15) is 6.04 Å². The van der Waals surface area contributed by atoms with Gasteiger partial charge >= 0.3 is 18.1 Å². The van der Waals surface area contributed by atoms with E-state index in [1.807, 2.05) is 0 Å². The summed E-state index contributed by atoms with van der Waals surface area (Å²) in [4.78, 5) is 66.7. The molecule has 42 heavy (non-hydrogen) atoms. The number of benzene rings is 2. The minimum atomic E-state index is -5.38. The summed E-state index contributed by atoms with van der Waals surface area (Å²) in [5.74, 6) is -5.56. The number of esters is 2. The standard InChI is InChI=1S/C29H33F3N4O6/c1-17(2)35-22-11-9-19(10-12-23(37)34-14-13-33)16-21(22)26(39)36(25(27(35)40)20-7-5-4-6-8-20)18(3)15-24(38)42-28(41)29(30,31)32/h4-9,11,16-18,25H,10,12-15,33H2,1-3H3,(H,34,37). The van der Waals surface area contributed by atoms with Crippen molar-refractivity contribution in [3.63, 3.8) is 0 Å². The van der Waals surface area contributed by atoms with Crippen LogP contribution in [-0.2, 0) is 30.3 Å². The molecule has 2 aromatic rings. The first-order chi connectivity index (χ1) is 19.8. The highest BCUT2D eigenvalue weighted by Gasteiger charge is 2.45. The largest absolute Gasteiger partial charge is 0.491 e. The Labute approximate surface area is 241 Å². The molecule has 10 nitrogen and oxygen atoms in total. The third-order valence-electron chi connectivity index (χ3n) is 6.65. The lowest BCUT2D eigenvalue weighted by molar-refractivity contribution is -0.202. The van der Waals surface area contributed by atoms with Crippen molar-refractivity contribution >= 4 is 35.3 Å². The van der Waals surface area contributed by atoms with Gasteiger partial charge in [-0.2, -0.15) is 13.2 Å². The number of aryl methyl sites for hydroxylation is 1. The van der Waals surface area contributed by atoms with Gasteiger partial charge in [0.15, 0.2) is 0 Å². The number of rotatable bonds is 10. The topological polar surface area (TPSA) is 139 Å². The second kappa shape index (κ2) is 13.6. The molecule has 2 unspecified atom stereocenters. The molecule has 226 valence electrons. The minimum absolute atomic E-state index is 0.113. The zero-order valence-electron chi connectivity index (χ0n) is 23.4. The number of fused-ring (bicyclic) bond motifs is 1. The molecule has 0 saturated carbocycles. The Bertz CT molecular complexity index is 1330. The van der Waals surface area contributed by atoms with Crippen molar-refractivity contribution in [2.45, 2.75) is 64.3 Å². The number of amides is 3. The van der Waals surface area contributed by atoms with E-state index in [1.165, 1.54) is 11.8 Å². The Hall–Kier alpha value is -4.26. The van der Waals surface area contributed by atoms with Crippen LogP contribution < -0.4 is 16.0 Å². The Morgan fingerprint density at radius 2 is 1.71 bits per heavy atom. The lowest BCUT2D eigenvalue weighted by Gasteiger charge is -2.36. The first-order valence-electron chi connectivity index (χ1n) is 13.4. The van der Waals surface area contributed by atoms with Gasteiger partial charge in [-0.3, -0.25) is 19.2 Å². The van der Waals surface area contributed by atoms with Gasteiger partial charge in [0.05, 0.1) is 17.7 Å². The van der Waals surface area contributed by atoms with Crippen molar-refractivity contribution in [1.29, 1.82) is 0 Å². The van der Waals surface area contributed by atoms with Crippen molar-refractivity contribution in [3.05, 3.63) is 65.2 Å². The number of carbonyl (C=O) groups is 5. The molecule has 0 radical (unpaired) electrons. The van der Waals surface area contributed by atoms with Crippen molar-refractivity contribution in [2.75, 3.05) is 18.0 Å². The average Bonchev–Trinajstić information content (AvgIpc) is 3.02. The van der Waals surface area contributed by atoms with E-state index < -0.39 is 54.5 Å². The molecular formula is C29H33F3N4O6. The Balaban J connectivity index is 2.06. The monoisotopic (exact) mass is 590 g/mol. The lowest BCUT2D eigenvalue weighted by atomic mass is 10.00. The molecule has 3 amide bonds. The Morgan fingerprint density at radius 3 is 2.31 bits per heavy atom. The van der Waals surface area contributed by atoms with Crippen LogP contribution in [0.2, 0.25) is 0 Å². The number of nitrogens with one attached hydrogen (secondary N) is 1. The third kappa shape index (κ3) is 7.52. The van der Waals surface area contributed by atoms with Gasteiger partial charge in [-0.15, -0.1) is 0 Å². The van der Waals surface area contributed by atoms with Gasteiger partial charge in [0, 0.05) is 31.6 Å². The summed E-state index contributed by atoms with van der Waals surface area (Å²) < 4.78 is 42.0. The zero-order valence-corrected chi connectivity index (χ0v) is 23.4. The fourth-order valence-corrected chi connectivity index (χ4v) is 4.77. The summed E-state index contributed by atoms with van der Waals surface area (Å²) in [5.41, 5.74) is 6.88. The number of ether oxygens (including phenoxy) is 1. The number of halogens is 3. The van der Waals surface area contributed by atoms with E-state index in [0.717, 1.165) is 4.90 Å². The fourth-order valence-electron chi connectivity index (χ4n) is 4.77. The predicted octanol–water partition coefficient (Wildman–Crippen LogP) is 3.04. The second-order valence-corrected chi connectivity index (χ2v) is 10.1. The zero-order chi connectivity index (χ0) is 31.2. The van der Waals surface area contributed by atoms with Crippen LogP contribution in [-0.4, -0.2) is 65.9 Å². The summed E-state index contributed by atoms with van der Waals surface area (Å²) in [6.45, 7) is 5.52. The molecule has 1 heterocycles. The van der Waals surface area contributed by atoms with Crippen LogP contribution in [0.3, 0.4) is 0 Å². The summed E-state index contributed by atoms with van der Waals surface area (Å²) in [7, 11) is 0. The van der Waals surface area contributed by atoms with Gasteiger partial charge < -0.3 is 25.6 Å². The number of alkyl halides is 3. The van der Waals surface area contributed by atoms with Crippen molar-refractivity contribution in [1.82, 2.24) is 10.2 Å². The maximum absolute atomic E-state index is 14.2.